The lowest BCUT2D eigenvalue weighted by Gasteiger charge is -2.03. The van der Waals surface area contributed by atoms with Crippen molar-refractivity contribution in [3.05, 3.63) is 47.2 Å². The molecule has 0 bridgehead atoms. The molecule has 0 spiro atoms. The number of halogens is 1. The predicted octanol–water partition coefficient (Wildman–Crippen LogP) is 3.81. The molecular formula is C16H20ClNO2S. The molecule has 2 aromatic rings. The number of aliphatic hydroxyl groups excluding tert-OH is 1. The van der Waals surface area contributed by atoms with Crippen molar-refractivity contribution >= 4 is 23.4 Å². The second kappa shape index (κ2) is 9.15. The lowest BCUT2D eigenvalue weighted by Crippen LogP contribution is -2.16. The highest BCUT2D eigenvalue weighted by Gasteiger charge is 2.07. The molecule has 0 aliphatic carbocycles. The van der Waals surface area contributed by atoms with Gasteiger partial charge >= 0.3 is 0 Å². The zero-order chi connectivity index (χ0) is 14.9. The van der Waals surface area contributed by atoms with E-state index in [2.05, 4.69) is 5.32 Å². The van der Waals surface area contributed by atoms with Gasteiger partial charge < -0.3 is 14.8 Å². The van der Waals surface area contributed by atoms with Crippen LogP contribution in [-0.2, 0) is 6.54 Å². The number of hydrogen-bond donors (Lipinski definition) is 2. The van der Waals surface area contributed by atoms with E-state index in [0.29, 0.717) is 11.6 Å². The summed E-state index contributed by atoms with van der Waals surface area (Å²) in [5, 5.41) is 12.7. The van der Waals surface area contributed by atoms with Crippen LogP contribution in [0.4, 0.5) is 0 Å². The van der Waals surface area contributed by atoms with Gasteiger partial charge in [0.1, 0.15) is 11.5 Å². The molecule has 21 heavy (non-hydrogen) atoms. The van der Waals surface area contributed by atoms with Gasteiger partial charge in [0.25, 0.3) is 0 Å². The third-order valence-electron chi connectivity index (χ3n) is 2.97. The van der Waals surface area contributed by atoms with Crippen LogP contribution in [0.5, 0.6) is 0 Å². The van der Waals surface area contributed by atoms with E-state index >= 15 is 0 Å². The molecule has 0 aliphatic rings. The fourth-order valence-electron chi connectivity index (χ4n) is 1.90. The topological polar surface area (TPSA) is 45.4 Å². The third kappa shape index (κ3) is 5.40. The van der Waals surface area contributed by atoms with Crippen LogP contribution in [0.15, 0.2) is 40.8 Å². The molecule has 1 heterocycles. The Morgan fingerprint density at radius 1 is 1.14 bits per heavy atom. The van der Waals surface area contributed by atoms with E-state index in [1.807, 2.05) is 48.2 Å². The Bertz CT molecular complexity index is 545. The van der Waals surface area contributed by atoms with Crippen LogP contribution >= 0.6 is 23.4 Å². The number of furan rings is 1. The molecule has 0 atom stereocenters. The molecule has 2 rings (SSSR count). The molecule has 0 aliphatic heterocycles. The van der Waals surface area contributed by atoms with Gasteiger partial charge in [-0.25, -0.2) is 0 Å². The van der Waals surface area contributed by atoms with Crippen molar-refractivity contribution in [2.24, 2.45) is 0 Å². The number of thioether (sulfide) groups is 1. The van der Waals surface area contributed by atoms with Gasteiger partial charge in [0, 0.05) is 24.5 Å². The van der Waals surface area contributed by atoms with Crippen LogP contribution in [-0.4, -0.2) is 29.8 Å². The van der Waals surface area contributed by atoms with Crippen LogP contribution in [0.2, 0.25) is 5.02 Å². The largest absolute Gasteiger partial charge is 0.460 e. The van der Waals surface area contributed by atoms with Crippen molar-refractivity contribution in [2.75, 3.05) is 24.7 Å². The first-order valence-electron chi connectivity index (χ1n) is 7.04. The molecule has 0 saturated heterocycles. The second-order valence-electron chi connectivity index (χ2n) is 4.61. The Hall–Kier alpha value is -0.940. The van der Waals surface area contributed by atoms with Crippen LogP contribution in [0.3, 0.4) is 0 Å². The first kappa shape index (κ1) is 16.4. The molecule has 5 heteroatoms. The number of hydrogen-bond acceptors (Lipinski definition) is 4. The summed E-state index contributed by atoms with van der Waals surface area (Å²) in [7, 11) is 0. The minimum Gasteiger partial charge on any atom is -0.460 e. The quantitative estimate of drug-likeness (QED) is 0.688. The summed E-state index contributed by atoms with van der Waals surface area (Å²) in [4.78, 5) is 0. The SMILES string of the molecule is OCCCSCCNCc1ccc(-c2ccccc2Cl)o1. The highest BCUT2D eigenvalue weighted by Crippen LogP contribution is 2.28. The summed E-state index contributed by atoms with van der Waals surface area (Å²) in [6.07, 6.45) is 0.865. The van der Waals surface area contributed by atoms with Gasteiger partial charge in [0.15, 0.2) is 0 Å². The van der Waals surface area contributed by atoms with Crippen molar-refractivity contribution in [1.82, 2.24) is 5.32 Å². The maximum Gasteiger partial charge on any atom is 0.135 e. The molecule has 2 N–H and O–H groups in total. The lowest BCUT2D eigenvalue weighted by atomic mass is 10.2. The fourth-order valence-corrected chi connectivity index (χ4v) is 2.96. The first-order valence-corrected chi connectivity index (χ1v) is 8.57. The number of nitrogens with one attached hydrogen (secondary N) is 1. The van der Waals surface area contributed by atoms with Gasteiger partial charge in [-0.05, 0) is 36.4 Å². The summed E-state index contributed by atoms with van der Waals surface area (Å²) in [5.41, 5.74) is 0.921. The third-order valence-corrected chi connectivity index (χ3v) is 4.37. The zero-order valence-electron chi connectivity index (χ0n) is 11.8. The van der Waals surface area contributed by atoms with Crippen molar-refractivity contribution in [3.63, 3.8) is 0 Å². The average molecular weight is 326 g/mol. The summed E-state index contributed by atoms with van der Waals surface area (Å²) >= 11 is 8.01. The van der Waals surface area contributed by atoms with Gasteiger partial charge in [-0.1, -0.05) is 23.7 Å². The van der Waals surface area contributed by atoms with Gasteiger partial charge in [0.2, 0.25) is 0 Å². The van der Waals surface area contributed by atoms with E-state index in [1.165, 1.54) is 0 Å². The molecule has 0 unspecified atom stereocenters. The highest BCUT2D eigenvalue weighted by atomic mass is 35.5. The van der Waals surface area contributed by atoms with Crippen LogP contribution in [0, 0.1) is 0 Å². The molecule has 114 valence electrons. The number of rotatable bonds is 9. The summed E-state index contributed by atoms with van der Waals surface area (Å²) in [5.74, 6) is 3.76. The molecule has 0 radical (unpaired) electrons. The van der Waals surface area contributed by atoms with E-state index in [4.69, 9.17) is 21.1 Å². The Kier molecular flexibility index (Phi) is 7.16. The summed E-state index contributed by atoms with van der Waals surface area (Å²) < 4.78 is 5.81. The molecule has 0 amide bonds. The first-order chi connectivity index (χ1) is 10.3. The average Bonchev–Trinajstić information content (AvgIpc) is 2.95. The van der Waals surface area contributed by atoms with E-state index in [9.17, 15) is 0 Å². The predicted molar refractivity (Wildman–Crippen MR) is 89.9 cm³/mol. The zero-order valence-corrected chi connectivity index (χ0v) is 13.4. The number of benzene rings is 1. The van der Waals surface area contributed by atoms with Gasteiger partial charge in [0.05, 0.1) is 11.6 Å². The highest BCUT2D eigenvalue weighted by molar-refractivity contribution is 7.99. The van der Waals surface area contributed by atoms with Gasteiger partial charge in [-0.15, -0.1) is 0 Å². The Labute approximate surface area is 134 Å². The van der Waals surface area contributed by atoms with Crippen molar-refractivity contribution in [3.8, 4) is 11.3 Å². The molecule has 0 fully saturated rings. The second-order valence-corrected chi connectivity index (χ2v) is 6.24. The molecule has 3 nitrogen and oxygen atoms in total. The van der Waals surface area contributed by atoms with Crippen molar-refractivity contribution in [1.29, 1.82) is 0 Å². The van der Waals surface area contributed by atoms with Gasteiger partial charge in [-0.2, -0.15) is 11.8 Å². The van der Waals surface area contributed by atoms with Crippen LogP contribution < -0.4 is 5.32 Å². The standard InChI is InChI=1S/C16H20ClNO2S/c17-15-5-2-1-4-14(15)16-7-6-13(20-16)12-18-8-11-21-10-3-9-19/h1-2,4-7,18-19H,3,8-12H2. The van der Waals surface area contributed by atoms with E-state index in [-0.39, 0.29) is 6.61 Å². The Morgan fingerprint density at radius 2 is 2.00 bits per heavy atom. The van der Waals surface area contributed by atoms with Crippen LogP contribution in [0.25, 0.3) is 11.3 Å². The van der Waals surface area contributed by atoms with Gasteiger partial charge in [-0.3, -0.25) is 0 Å². The lowest BCUT2D eigenvalue weighted by molar-refractivity contribution is 0.296. The minimum absolute atomic E-state index is 0.275. The smallest absolute Gasteiger partial charge is 0.135 e. The normalized spacial score (nSPS) is 11.0. The molecule has 1 aromatic heterocycles. The maximum absolute atomic E-state index is 8.68. The Balaban J connectivity index is 1.75. The van der Waals surface area contributed by atoms with Crippen molar-refractivity contribution in [2.45, 2.75) is 13.0 Å². The summed E-state index contributed by atoms with van der Waals surface area (Å²) in [6, 6.07) is 11.6. The molecule has 0 saturated carbocycles. The summed E-state index contributed by atoms with van der Waals surface area (Å²) in [6.45, 7) is 1.92. The van der Waals surface area contributed by atoms with Crippen LogP contribution in [0.1, 0.15) is 12.2 Å². The molecule has 1 aromatic carbocycles. The molecular weight excluding hydrogens is 306 g/mol. The monoisotopic (exact) mass is 325 g/mol. The van der Waals surface area contributed by atoms with E-state index in [0.717, 1.165) is 41.6 Å². The fraction of sp³-hybridized carbons (Fsp3) is 0.375. The van der Waals surface area contributed by atoms with E-state index < -0.39 is 0 Å². The Morgan fingerprint density at radius 3 is 2.81 bits per heavy atom. The minimum atomic E-state index is 0.275. The maximum atomic E-state index is 8.68. The van der Waals surface area contributed by atoms with Crippen molar-refractivity contribution < 1.29 is 9.52 Å². The van der Waals surface area contributed by atoms with E-state index in [1.54, 1.807) is 0 Å². The number of aliphatic hydroxyl groups is 1.